The molecule has 4 nitrogen and oxygen atoms in total. The summed E-state index contributed by atoms with van der Waals surface area (Å²) in [5, 5.41) is 2.94. The molecule has 1 N–H and O–H groups in total. The summed E-state index contributed by atoms with van der Waals surface area (Å²) >= 11 is 0. The van der Waals surface area contributed by atoms with Crippen molar-refractivity contribution in [2.45, 2.75) is 33.2 Å². The Labute approximate surface area is 127 Å². The predicted octanol–water partition coefficient (Wildman–Crippen LogP) is 2.75. The third-order valence-corrected chi connectivity index (χ3v) is 2.77. The SMILES string of the molecule is COC(=O)c1ccc(C(=O)N[C@@H](C)CC(C)C)cc1.S. The van der Waals surface area contributed by atoms with Crippen molar-refractivity contribution in [1.82, 2.24) is 5.32 Å². The highest BCUT2D eigenvalue weighted by atomic mass is 32.1. The number of carbonyl (C=O) groups excluding carboxylic acids is 2. The van der Waals surface area contributed by atoms with Crippen LogP contribution in [0, 0.1) is 5.92 Å². The molecule has 1 amide bonds. The number of benzene rings is 1. The first-order chi connectivity index (χ1) is 8.93. The van der Waals surface area contributed by atoms with Gasteiger partial charge in [0.15, 0.2) is 0 Å². The zero-order chi connectivity index (χ0) is 14.4. The van der Waals surface area contributed by atoms with Crippen molar-refractivity contribution >= 4 is 25.4 Å². The molecular formula is C15H23NO3S. The Hall–Kier alpha value is -1.49. The minimum absolute atomic E-state index is 0. The van der Waals surface area contributed by atoms with Crippen molar-refractivity contribution in [3.05, 3.63) is 35.4 Å². The van der Waals surface area contributed by atoms with Gasteiger partial charge in [-0.1, -0.05) is 13.8 Å². The zero-order valence-electron chi connectivity index (χ0n) is 12.4. The van der Waals surface area contributed by atoms with Gasteiger partial charge in [-0.25, -0.2) is 4.79 Å². The van der Waals surface area contributed by atoms with E-state index in [9.17, 15) is 9.59 Å². The molecule has 1 aromatic rings. The van der Waals surface area contributed by atoms with E-state index in [0.717, 1.165) is 6.42 Å². The van der Waals surface area contributed by atoms with Crippen LogP contribution in [0.5, 0.6) is 0 Å². The predicted molar refractivity (Wildman–Crippen MR) is 84.5 cm³/mol. The van der Waals surface area contributed by atoms with Crippen molar-refractivity contribution in [3.63, 3.8) is 0 Å². The molecule has 0 radical (unpaired) electrons. The molecule has 0 aromatic heterocycles. The second-order valence-corrected chi connectivity index (χ2v) is 5.07. The molecule has 0 aliphatic heterocycles. The van der Waals surface area contributed by atoms with Crippen molar-refractivity contribution in [2.24, 2.45) is 5.92 Å². The molecule has 0 fully saturated rings. The minimum Gasteiger partial charge on any atom is -0.465 e. The lowest BCUT2D eigenvalue weighted by Gasteiger charge is -2.16. The van der Waals surface area contributed by atoms with E-state index < -0.39 is 5.97 Å². The van der Waals surface area contributed by atoms with Crippen molar-refractivity contribution in [3.8, 4) is 0 Å². The molecular weight excluding hydrogens is 274 g/mol. The van der Waals surface area contributed by atoms with Gasteiger partial charge >= 0.3 is 5.97 Å². The first kappa shape index (κ1) is 18.5. The van der Waals surface area contributed by atoms with E-state index >= 15 is 0 Å². The summed E-state index contributed by atoms with van der Waals surface area (Å²) in [5.74, 6) is 0.0155. The summed E-state index contributed by atoms with van der Waals surface area (Å²) in [6.45, 7) is 6.22. The highest BCUT2D eigenvalue weighted by molar-refractivity contribution is 7.59. The molecule has 0 saturated heterocycles. The Morgan fingerprint density at radius 3 is 2.05 bits per heavy atom. The van der Waals surface area contributed by atoms with Gasteiger partial charge in [-0.15, -0.1) is 0 Å². The standard InChI is InChI=1S/C15H21NO3.H2S/c1-10(2)9-11(3)16-14(17)12-5-7-13(8-6-12)15(18)19-4;/h5-8,10-11H,9H2,1-4H3,(H,16,17);1H2/t11-;/m0./s1. The Balaban J connectivity index is 0.00000361. The van der Waals surface area contributed by atoms with Crippen molar-refractivity contribution in [1.29, 1.82) is 0 Å². The van der Waals surface area contributed by atoms with Gasteiger partial charge in [0, 0.05) is 11.6 Å². The number of amides is 1. The van der Waals surface area contributed by atoms with E-state index in [1.807, 2.05) is 6.92 Å². The normalized spacial score (nSPS) is 11.4. The summed E-state index contributed by atoms with van der Waals surface area (Å²) in [6.07, 6.45) is 0.936. The van der Waals surface area contributed by atoms with Crippen LogP contribution in [0.2, 0.25) is 0 Å². The van der Waals surface area contributed by atoms with Crippen LogP contribution in [0.3, 0.4) is 0 Å². The largest absolute Gasteiger partial charge is 0.465 e. The van der Waals surface area contributed by atoms with Gasteiger partial charge in [0.2, 0.25) is 0 Å². The van der Waals surface area contributed by atoms with Crippen LogP contribution in [-0.2, 0) is 4.74 Å². The number of ether oxygens (including phenoxy) is 1. The number of carbonyl (C=O) groups is 2. The second-order valence-electron chi connectivity index (χ2n) is 5.07. The fourth-order valence-corrected chi connectivity index (χ4v) is 1.95. The first-order valence-corrected chi connectivity index (χ1v) is 6.43. The van der Waals surface area contributed by atoms with Crippen LogP contribution in [0.1, 0.15) is 47.9 Å². The van der Waals surface area contributed by atoms with Gasteiger partial charge in [-0.05, 0) is 43.5 Å². The lowest BCUT2D eigenvalue weighted by atomic mass is 10.0. The zero-order valence-corrected chi connectivity index (χ0v) is 13.4. The van der Waals surface area contributed by atoms with E-state index in [1.165, 1.54) is 7.11 Å². The fourth-order valence-electron chi connectivity index (χ4n) is 1.95. The van der Waals surface area contributed by atoms with Crippen molar-refractivity contribution < 1.29 is 14.3 Å². The average Bonchev–Trinajstić information content (AvgIpc) is 2.36. The molecule has 5 heteroatoms. The molecule has 0 heterocycles. The lowest BCUT2D eigenvalue weighted by molar-refractivity contribution is 0.0600. The molecule has 0 spiro atoms. The first-order valence-electron chi connectivity index (χ1n) is 6.43. The fraction of sp³-hybridized carbons (Fsp3) is 0.467. The number of nitrogens with one attached hydrogen (secondary N) is 1. The van der Waals surface area contributed by atoms with E-state index in [0.29, 0.717) is 17.0 Å². The van der Waals surface area contributed by atoms with Gasteiger partial charge < -0.3 is 10.1 Å². The summed E-state index contributed by atoms with van der Waals surface area (Å²) in [4.78, 5) is 23.2. The smallest absolute Gasteiger partial charge is 0.337 e. The quantitative estimate of drug-likeness (QED) is 0.850. The summed E-state index contributed by atoms with van der Waals surface area (Å²) in [6, 6.07) is 6.57. The van der Waals surface area contributed by atoms with Gasteiger partial charge in [0.05, 0.1) is 12.7 Å². The number of rotatable bonds is 5. The minimum atomic E-state index is -0.403. The van der Waals surface area contributed by atoms with Crippen LogP contribution in [-0.4, -0.2) is 25.0 Å². The molecule has 0 bridgehead atoms. The highest BCUT2D eigenvalue weighted by Gasteiger charge is 2.12. The average molecular weight is 297 g/mol. The monoisotopic (exact) mass is 297 g/mol. The molecule has 20 heavy (non-hydrogen) atoms. The second kappa shape index (κ2) is 8.64. The highest BCUT2D eigenvalue weighted by Crippen LogP contribution is 2.08. The van der Waals surface area contributed by atoms with E-state index in [4.69, 9.17) is 0 Å². The third-order valence-electron chi connectivity index (χ3n) is 2.77. The maximum absolute atomic E-state index is 12.0. The van der Waals surface area contributed by atoms with Gasteiger partial charge in [-0.3, -0.25) is 4.79 Å². The van der Waals surface area contributed by atoms with Crippen LogP contribution in [0.25, 0.3) is 0 Å². The maximum Gasteiger partial charge on any atom is 0.337 e. The molecule has 0 unspecified atom stereocenters. The number of hydrogen-bond acceptors (Lipinski definition) is 3. The molecule has 112 valence electrons. The van der Waals surface area contributed by atoms with Crippen LogP contribution in [0.4, 0.5) is 0 Å². The summed E-state index contributed by atoms with van der Waals surface area (Å²) in [7, 11) is 1.33. The van der Waals surface area contributed by atoms with Gasteiger partial charge in [0.25, 0.3) is 5.91 Å². The van der Waals surface area contributed by atoms with E-state index in [-0.39, 0.29) is 25.4 Å². The third kappa shape index (κ3) is 5.65. The summed E-state index contributed by atoms with van der Waals surface area (Å²) < 4.78 is 4.61. The number of methoxy groups -OCH3 is 1. The van der Waals surface area contributed by atoms with E-state index in [2.05, 4.69) is 23.9 Å². The van der Waals surface area contributed by atoms with Crippen LogP contribution in [0.15, 0.2) is 24.3 Å². The molecule has 1 atom stereocenters. The molecule has 0 saturated carbocycles. The molecule has 1 aromatic carbocycles. The summed E-state index contributed by atoms with van der Waals surface area (Å²) in [5.41, 5.74) is 0.984. The Morgan fingerprint density at radius 2 is 1.60 bits per heavy atom. The molecule has 0 aliphatic carbocycles. The number of esters is 1. The Bertz CT molecular complexity index is 443. The van der Waals surface area contributed by atoms with E-state index in [1.54, 1.807) is 24.3 Å². The Morgan fingerprint density at radius 1 is 1.10 bits per heavy atom. The lowest BCUT2D eigenvalue weighted by Crippen LogP contribution is -2.33. The van der Waals surface area contributed by atoms with Gasteiger partial charge in [0.1, 0.15) is 0 Å². The molecule has 0 aliphatic rings. The van der Waals surface area contributed by atoms with Crippen LogP contribution < -0.4 is 5.32 Å². The van der Waals surface area contributed by atoms with Gasteiger partial charge in [-0.2, -0.15) is 13.5 Å². The Kier molecular flexibility index (Phi) is 7.99. The topological polar surface area (TPSA) is 55.4 Å². The van der Waals surface area contributed by atoms with Crippen LogP contribution >= 0.6 is 13.5 Å². The van der Waals surface area contributed by atoms with Crippen molar-refractivity contribution in [2.75, 3.05) is 7.11 Å². The maximum atomic E-state index is 12.0. The molecule has 1 rings (SSSR count). The number of hydrogen-bond donors (Lipinski definition) is 1.